The summed E-state index contributed by atoms with van der Waals surface area (Å²) in [6.45, 7) is 19.9. The fourth-order valence-electron chi connectivity index (χ4n) is 7.32. The van der Waals surface area contributed by atoms with Crippen LogP contribution in [0.15, 0.2) is 61.2 Å². The molecule has 0 atom stereocenters. The van der Waals surface area contributed by atoms with Crippen molar-refractivity contribution in [3.05, 3.63) is 72.3 Å². The van der Waals surface area contributed by atoms with Crippen LogP contribution < -0.4 is 0 Å². The normalized spacial score (nSPS) is 15.5. The Morgan fingerprint density at radius 2 is 1.50 bits per heavy atom. The molecule has 1 aliphatic rings. The van der Waals surface area contributed by atoms with Crippen molar-refractivity contribution in [1.82, 2.24) is 4.57 Å². The van der Waals surface area contributed by atoms with Crippen molar-refractivity contribution in [3.8, 4) is 11.3 Å². The lowest BCUT2D eigenvalue weighted by Gasteiger charge is -2.42. The smallest absolute Gasteiger partial charge is 0.200 e. The third-order valence-electron chi connectivity index (χ3n) is 8.79. The molecule has 0 saturated heterocycles. The number of hydrogen-bond donors (Lipinski definition) is 0. The second-order valence-electron chi connectivity index (χ2n) is 11.8. The van der Waals surface area contributed by atoms with E-state index >= 15 is 0 Å². The molecule has 0 aliphatic heterocycles. The molecule has 2 nitrogen and oxygen atoms in total. The number of rotatable bonds is 10. The molecule has 0 N–H and O–H groups in total. The average molecular weight is 502 g/mol. The fraction of sp³-hybridized carbons (Fsp3) is 0.515. The van der Waals surface area contributed by atoms with E-state index in [-0.39, 0.29) is 0 Å². The molecule has 1 aromatic heterocycles. The van der Waals surface area contributed by atoms with E-state index in [2.05, 4.69) is 101 Å². The van der Waals surface area contributed by atoms with Crippen LogP contribution in [0.1, 0.15) is 90.7 Å². The number of allylic oxidation sites excluding steroid dienone is 1. The fourth-order valence-corrected chi connectivity index (χ4v) is 12.7. The van der Waals surface area contributed by atoms with Gasteiger partial charge in [-0.3, -0.25) is 0 Å². The van der Waals surface area contributed by atoms with E-state index in [1.54, 1.807) is 5.56 Å². The van der Waals surface area contributed by atoms with Crippen LogP contribution in [0.2, 0.25) is 16.6 Å². The topological polar surface area (TPSA) is 14.2 Å². The zero-order valence-corrected chi connectivity index (χ0v) is 24.5. The lowest BCUT2D eigenvalue weighted by molar-refractivity contribution is 0.266. The van der Waals surface area contributed by atoms with Crippen LogP contribution in [0.3, 0.4) is 0 Å². The lowest BCUT2D eigenvalue weighted by Crippen LogP contribution is -2.47. The van der Waals surface area contributed by atoms with Gasteiger partial charge in [0.15, 0.2) is 0 Å². The largest absolute Gasteiger partial charge is 0.412 e. The van der Waals surface area contributed by atoms with Gasteiger partial charge in [-0.2, -0.15) is 0 Å². The van der Waals surface area contributed by atoms with Gasteiger partial charge in [-0.25, -0.2) is 0 Å². The maximum atomic E-state index is 7.13. The van der Waals surface area contributed by atoms with E-state index in [1.165, 1.54) is 59.8 Å². The third-order valence-corrected chi connectivity index (χ3v) is 14.9. The van der Waals surface area contributed by atoms with Crippen molar-refractivity contribution in [2.24, 2.45) is 0 Å². The minimum absolute atomic E-state index is 0.578. The first kappa shape index (κ1) is 26.9. The highest BCUT2D eigenvalue weighted by atomic mass is 28.4. The van der Waals surface area contributed by atoms with Gasteiger partial charge >= 0.3 is 0 Å². The molecular formula is C33H47NOSi. The summed E-state index contributed by atoms with van der Waals surface area (Å²) in [6.07, 6.45) is 8.67. The molecule has 1 saturated carbocycles. The summed E-state index contributed by atoms with van der Waals surface area (Å²) in [4.78, 5) is 0. The van der Waals surface area contributed by atoms with E-state index in [0.717, 1.165) is 6.54 Å². The molecule has 1 fully saturated rings. The van der Waals surface area contributed by atoms with Gasteiger partial charge in [-0.15, -0.1) is 6.58 Å². The number of para-hydroxylation sites is 1. The quantitative estimate of drug-likeness (QED) is 0.199. The number of fused-ring (bicyclic) bond motifs is 1. The molecule has 1 aliphatic carbocycles. The Bertz CT molecular complexity index is 1140. The number of hydrogen-bond acceptors (Lipinski definition) is 1. The summed E-state index contributed by atoms with van der Waals surface area (Å²) in [5.74, 6) is 0.620. The van der Waals surface area contributed by atoms with Crippen molar-refractivity contribution in [1.29, 1.82) is 0 Å². The van der Waals surface area contributed by atoms with Crippen molar-refractivity contribution >= 4 is 19.2 Å². The molecular weight excluding hydrogens is 454 g/mol. The monoisotopic (exact) mass is 501 g/mol. The van der Waals surface area contributed by atoms with Gasteiger partial charge in [0.2, 0.25) is 8.32 Å². The summed E-state index contributed by atoms with van der Waals surface area (Å²) in [5.41, 5.74) is 8.68. The van der Waals surface area contributed by atoms with Gasteiger partial charge in [-0.05, 0) is 52.6 Å². The zero-order valence-electron chi connectivity index (χ0n) is 23.5. The van der Waals surface area contributed by atoms with Gasteiger partial charge < -0.3 is 8.99 Å². The van der Waals surface area contributed by atoms with Gasteiger partial charge in [-0.1, -0.05) is 109 Å². The van der Waals surface area contributed by atoms with Crippen LogP contribution >= 0.6 is 0 Å². The molecule has 3 aromatic rings. The summed E-state index contributed by atoms with van der Waals surface area (Å²) in [5, 5.41) is 1.42. The zero-order chi connectivity index (χ0) is 25.9. The standard InChI is InChI=1S/C33H47NOSi/c1-8-22-34-31-21-15-14-20-30(31)32(27-16-10-9-11-17-27)33(34)29-19-13-12-18-28(29)23-35-36(24(2)3,25(4)5)26(6)7/h8,12-15,18-21,24-27H,1,9-11,16-17,22-23H2,2-7H3. The predicted octanol–water partition coefficient (Wildman–Crippen LogP) is 10.2. The van der Waals surface area contributed by atoms with Crippen molar-refractivity contribution in [3.63, 3.8) is 0 Å². The maximum absolute atomic E-state index is 7.13. The highest BCUT2D eigenvalue weighted by Crippen LogP contribution is 2.46. The third kappa shape index (κ3) is 4.89. The SMILES string of the molecule is C=CCn1c(-c2ccccc2CO[Si](C(C)C)(C(C)C)C(C)C)c(C2CCCCC2)c2ccccc21. The molecule has 1 heterocycles. The van der Waals surface area contributed by atoms with Crippen molar-refractivity contribution in [2.45, 2.75) is 109 Å². The molecule has 0 spiro atoms. The number of nitrogens with zero attached hydrogens (tertiary/aromatic N) is 1. The summed E-state index contributed by atoms with van der Waals surface area (Å²) in [7, 11) is -1.96. The Hall–Kier alpha value is -2.10. The highest BCUT2D eigenvalue weighted by Gasteiger charge is 2.45. The van der Waals surface area contributed by atoms with E-state index in [4.69, 9.17) is 4.43 Å². The second-order valence-corrected chi connectivity index (χ2v) is 17.2. The van der Waals surface area contributed by atoms with Crippen LogP contribution in [0.25, 0.3) is 22.2 Å². The minimum Gasteiger partial charge on any atom is -0.412 e. The predicted molar refractivity (Wildman–Crippen MR) is 159 cm³/mol. The Kier molecular flexibility index (Phi) is 8.62. The highest BCUT2D eigenvalue weighted by molar-refractivity contribution is 6.77. The molecule has 0 radical (unpaired) electrons. The Morgan fingerprint density at radius 1 is 0.889 bits per heavy atom. The van der Waals surface area contributed by atoms with Crippen LogP contribution in [-0.2, 0) is 17.6 Å². The number of benzene rings is 2. The minimum atomic E-state index is -1.96. The molecule has 194 valence electrons. The van der Waals surface area contributed by atoms with E-state index in [1.807, 2.05) is 6.08 Å². The van der Waals surface area contributed by atoms with Gasteiger partial charge in [0.25, 0.3) is 0 Å². The first-order valence-electron chi connectivity index (χ1n) is 14.3. The van der Waals surface area contributed by atoms with Crippen LogP contribution in [0, 0.1) is 0 Å². The average Bonchev–Trinajstić information content (AvgIpc) is 3.19. The summed E-state index contributed by atoms with van der Waals surface area (Å²) in [6, 6.07) is 18.1. The molecule has 2 aromatic carbocycles. The first-order chi connectivity index (χ1) is 17.3. The van der Waals surface area contributed by atoms with Crippen LogP contribution in [0.5, 0.6) is 0 Å². The van der Waals surface area contributed by atoms with Gasteiger partial charge in [0.05, 0.1) is 12.3 Å². The summed E-state index contributed by atoms with van der Waals surface area (Å²) < 4.78 is 9.65. The first-order valence-corrected chi connectivity index (χ1v) is 16.4. The van der Waals surface area contributed by atoms with Crippen molar-refractivity contribution < 1.29 is 4.43 Å². The molecule has 0 unspecified atom stereocenters. The Morgan fingerprint density at radius 3 is 2.14 bits per heavy atom. The van der Waals surface area contributed by atoms with Crippen molar-refractivity contribution in [2.75, 3.05) is 0 Å². The molecule has 36 heavy (non-hydrogen) atoms. The van der Waals surface area contributed by atoms with Crippen LogP contribution in [-0.4, -0.2) is 12.9 Å². The molecule has 3 heteroatoms. The lowest BCUT2D eigenvalue weighted by atomic mass is 9.81. The maximum Gasteiger partial charge on any atom is 0.200 e. The summed E-state index contributed by atoms with van der Waals surface area (Å²) >= 11 is 0. The molecule has 4 rings (SSSR count). The second kappa shape index (κ2) is 11.5. The van der Waals surface area contributed by atoms with E-state index < -0.39 is 8.32 Å². The Balaban J connectivity index is 1.88. The molecule has 0 bridgehead atoms. The van der Waals surface area contributed by atoms with Crippen LogP contribution in [0.4, 0.5) is 0 Å². The van der Waals surface area contributed by atoms with E-state index in [9.17, 15) is 0 Å². The molecule has 0 amide bonds. The van der Waals surface area contributed by atoms with Gasteiger partial charge in [0.1, 0.15) is 0 Å². The van der Waals surface area contributed by atoms with Gasteiger partial charge in [0, 0.05) is 23.0 Å². The van der Waals surface area contributed by atoms with E-state index in [0.29, 0.717) is 29.1 Å². The Labute approximate surface area is 220 Å². The number of aromatic nitrogens is 1.